The van der Waals surface area contributed by atoms with Crippen LogP contribution in [0.15, 0.2) is 48.5 Å². The molecule has 1 N–H and O–H groups in total. The van der Waals surface area contributed by atoms with Gasteiger partial charge in [-0.1, -0.05) is 29.8 Å². The molecule has 0 fully saturated rings. The molecule has 0 bridgehead atoms. The van der Waals surface area contributed by atoms with E-state index >= 15 is 0 Å². The molecule has 0 spiro atoms. The number of benzene rings is 2. The van der Waals surface area contributed by atoms with Crippen LogP contribution in [0.2, 0.25) is 0 Å². The maximum atomic E-state index is 13.1. The first-order chi connectivity index (χ1) is 15.1. The van der Waals surface area contributed by atoms with Gasteiger partial charge in [-0.2, -0.15) is 0 Å². The fraction of sp³-hybridized carbons (Fsp3) is 0.462. The Kier molecular flexibility index (Phi) is 9.12. The highest BCUT2D eigenvalue weighted by atomic mass is 16.5. The number of nitrogens with zero attached hydrogens (tertiary/aromatic N) is 1. The summed E-state index contributed by atoms with van der Waals surface area (Å²) in [5.74, 6) is 1.27. The van der Waals surface area contributed by atoms with E-state index in [4.69, 9.17) is 9.47 Å². The van der Waals surface area contributed by atoms with E-state index < -0.39 is 6.04 Å². The fourth-order valence-electron chi connectivity index (χ4n) is 3.29. The second kappa shape index (κ2) is 11.6. The van der Waals surface area contributed by atoms with Crippen molar-refractivity contribution in [3.05, 3.63) is 59.7 Å². The Balaban J connectivity index is 2.01. The minimum Gasteiger partial charge on any atom is -0.497 e. The molecule has 2 aromatic rings. The molecule has 0 aliphatic rings. The van der Waals surface area contributed by atoms with E-state index in [9.17, 15) is 9.59 Å². The Bertz CT molecular complexity index is 887. The van der Waals surface area contributed by atoms with Crippen molar-refractivity contribution in [2.45, 2.75) is 65.6 Å². The normalized spacial score (nSPS) is 12.1. The van der Waals surface area contributed by atoms with E-state index in [1.54, 1.807) is 18.9 Å². The number of amides is 2. The highest BCUT2D eigenvalue weighted by Gasteiger charge is 2.28. The Hall–Kier alpha value is -3.02. The van der Waals surface area contributed by atoms with Crippen molar-refractivity contribution in [1.29, 1.82) is 0 Å². The van der Waals surface area contributed by atoms with Gasteiger partial charge in [0.1, 0.15) is 17.5 Å². The topological polar surface area (TPSA) is 67.9 Å². The van der Waals surface area contributed by atoms with E-state index in [0.717, 1.165) is 22.6 Å². The number of carbonyl (C=O) groups is 2. The molecule has 0 radical (unpaired) electrons. The van der Waals surface area contributed by atoms with E-state index in [1.165, 1.54) is 0 Å². The number of aryl methyl sites for hydroxylation is 1. The second-order valence-electron chi connectivity index (χ2n) is 9.05. The Morgan fingerprint density at radius 2 is 1.72 bits per heavy atom. The molecule has 6 heteroatoms. The molecular weight excluding hydrogens is 404 g/mol. The molecule has 2 amide bonds. The van der Waals surface area contributed by atoms with E-state index in [1.807, 2.05) is 76.2 Å². The summed E-state index contributed by atoms with van der Waals surface area (Å²) in [7, 11) is 1.62. The van der Waals surface area contributed by atoms with Crippen LogP contribution in [0.1, 0.15) is 51.7 Å². The molecule has 0 saturated heterocycles. The molecule has 0 aliphatic heterocycles. The monoisotopic (exact) mass is 440 g/mol. The highest BCUT2D eigenvalue weighted by molar-refractivity contribution is 5.87. The van der Waals surface area contributed by atoms with E-state index in [-0.39, 0.29) is 17.4 Å². The molecule has 2 rings (SSSR count). The lowest BCUT2D eigenvalue weighted by Gasteiger charge is -2.31. The van der Waals surface area contributed by atoms with Crippen LogP contribution in [0, 0.1) is 6.92 Å². The summed E-state index contributed by atoms with van der Waals surface area (Å²) in [6.07, 6.45) is 0.859. The molecule has 0 heterocycles. The van der Waals surface area contributed by atoms with Crippen LogP contribution in [0.25, 0.3) is 0 Å². The quantitative estimate of drug-likeness (QED) is 0.553. The number of hydrogen-bond donors (Lipinski definition) is 1. The summed E-state index contributed by atoms with van der Waals surface area (Å²) in [5.41, 5.74) is 1.76. The fourth-order valence-corrected chi connectivity index (χ4v) is 3.29. The Morgan fingerprint density at radius 1 is 1.06 bits per heavy atom. The van der Waals surface area contributed by atoms with Crippen LogP contribution in [0.3, 0.4) is 0 Å². The summed E-state index contributed by atoms with van der Waals surface area (Å²) in [6, 6.07) is 14.8. The summed E-state index contributed by atoms with van der Waals surface area (Å²) in [6.45, 7) is 10.4. The van der Waals surface area contributed by atoms with E-state index in [0.29, 0.717) is 26.0 Å². The predicted octanol–water partition coefficient (Wildman–Crippen LogP) is 4.49. The third kappa shape index (κ3) is 8.25. The smallest absolute Gasteiger partial charge is 0.242 e. The van der Waals surface area contributed by atoms with Crippen LogP contribution in [-0.4, -0.2) is 42.0 Å². The molecule has 174 valence electrons. The van der Waals surface area contributed by atoms with Gasteiger partial charge < -0.3 is 19.7 Å². The van der Waals surface area contributed by atoms with Crippen molar-refractivity contribution in [3.63, 3.8) is 0 Å². The second-order valence-corrected chi connectivity index (χ2v) is 9.05. The summed E-state index contributed by atoms with van der Waals surface area (Å²) >= 11 is 0. The van der Waals surface area contributed by atoms with E-state index in [2.05, 4.69) is 5.32 Å². The molecule has 0 saturated carbocycles. The molecule has 6 nitrogen and oxygen atoms in total. The minimum absolute atomic E-state index is 0.0682. The first-order valence-electron chi connectivity index (χ1n) is 11.0. The minimum atomic E-state index is -0.579. The zero-order valence-electron chi connectivity index (χ0n) is 20.1. The molecule has 1 atom stereocenters. The standard InChI is InChI=1S/C26H36N2O4/c1-19-9-7-10-21(17-19)18-28(20(2)25(30)27-26(3,4)5)24(29)11-8-16-32-23-14-12-22(31-6)13-15-23/h7,9-10,12-15,17,20H,8,11,16,18H2,1-6H3,(H,27,30). The van der Waals surface area contributed by atoms with Gasteiger partial charge in [0.15, 0.2) is 0 Å². The number of hydrogen-bond acceptors (Lipinski definition) is 4. The molecule has 32 heavy (non-hydrogen) atoms. The van der Waals surface area contributed by atoms with Gasteiger partial charge in [-0.05, 0) is 70.9 Å². The largest absolute Gasteiger partial charge is 0.497 e. The lowest BCUT2D eigenvalue weighted by atomic mass is 10.1. The van der Waals surface area contributed by atoms with Gasteiger partial charge in [-0.15, -0.1) is 0 Å². The van der Waals surface area contributed by atoms with Gasteiger partial charge in [0, 0.05) is 18.5 Å². The van der Waals surface area contributed by atoms with Crippen molar-refractivity contribution >= 4 is 11.8 Å². The Labute approximate surface area is 191 Å². The van der Waals surface area contributed by atoms with Crippen molar-refractivity contribution in [3.8, 4) is 11.5 Å². The van der Waals surface area contributed by atoms with Crippen LogP contribution in [0.4, 0.5) is 0 Å². The lowest BCUT2D eigenvalue weighted by Crippen LogP contribution is -2.52. The van der Waals surface area contributed by atoms with Gasteiger partial charge in [0.2, 0.25) is 11.8 Å². The lowest BCUT2D eigenvalue weighted by molar-refractivity contribution is -0.141. The molecule has 0 aromatic heterocycles. The summed E-state index contributed by atoms with van der Waals surface area (Å²) in [4.78, 5) is 27.6. The van der Waals surface area contributed by atoms with Gasteiger partial charge in [-0.3, -0.25) is 9.59 Å². The van der Waals surface area contributed by atoms with Crippen LogP contribution in [0.5, 0.6) is 11.5 Å². The van der Waals surface area contributed by atoms with Gasteiger partial charge in [0.05, 0.1) is 13.7 Å². The Morgan fingerprint density at radius 3 is 2.31 bits per heavy atom. The van der Waals surface area contributed by atoms with Crippen molar-refractivity contribution < 1.29 is 19.1 Å². The highest BCUT2D eigenvalue weighted by Crippen LogP contribution is 2.18. The number of nitrogens with one attached hydrogen (secondary N) is 1. The third-order valence-corrected chi connectivity index (χ3v) is 4.96. The number of rotatable bonds is 10. The average Bonchev–Trinajstić information content (AvgIpc) is 2.73. The zero-order valence-corrected chi connectivity index (χ0v) is 20.1. The molecule has 0 aliphatic carbocycles. The first kappa shape index (κ1) is 25.2. The number of ether oxygens (including phenoxy) is 2. The van der Waals surface area contributed by atoms with Crippen LogP contribution >= 0.6 is 0 Å². The van der Waals surface area contributed by atoms with Gasteiger partial charge in [0.25, 0.3) is 0 Å². The summed E-state index contributed by atoms with van der Waals surface area (Å²) in [5, 5.41) is 2.98. The maximum Gasteiger partial charge on any atom is 0.242 e. The molecular formula is C26H36N2O4. The summed E-state index contributed by atoms with van der Waals surface area (Å²) < 4.78 is 10.9. The van der Waals surface area contributed by atoms with Crippen molar-refractivity contribution in [1.82, 2.24) is 10.2 Å². The van der Waals surface area contributed by atoms with Crippen LogP contribution in [-0.2, 0) is 16.1 Å². The van der Waals surface area contributed by atoms with Crippen molar-refractivity contribution in [2.75, 3.05) is 13.7 Å². The first-order valence-corrected chi connectivity index (χ1v) is 11.0. The predicted molar refractivity (Wildman–Crippen MR) is 127 cm³/mol. The zero-order chi connectivity index (χ0) is 23.7. The average molecular weight is 441 g/mol. The molecule has 2 aromatic carbocycles. The van der Waals surface area contributed by atoms with Crippen LogP contribution < -0.4 is 14.8 Å². The van der Waals surface area contributed by atoms with Crippen molar-refractivity contribution in [2.24, 2.45) is 0 Å². The SMILES string of the molecule is COc1ccc(OCCCC(=O)N(Cc2cccc(C)c2)C(C)C(=O)NC(C)(C)C)cc1. The van der Waals surface area contributed by atoms with Gasteiger partial charge >= 0.3 is 0 Å². The number of methoxy groups -OCH3 is 1. The maximum absolute atomic E-state index is 13.1. The number of carbonyl (C=O) groups excluding carboxylic acids is 2. The van der Waals surface area contributed by atoms with Gasteiger partial charge in [-0.25, -0.2) is 0 Å². The molecule has 1 unspecified atom stereocenters. The third-order valence-electron chi connectivity index (χ3n) is 4.96.